The molecule has 1 aliphatic heterocycles. The van der Waals surface area contributed by atoms with Crippen LogP contribution in [0.5, 0.6) is 0 Å². The Bertz CT molecular complexity index is 833. The van der Waals surface area contributed by atoms with Crippen LogP contribution in [0.3, 0.4) is 0 Å². The molecule has 1 fully saturated rings. The highest BCUT2D eigenvalue weighted by molar-refractivity contribution is 5.85. The molecule has 1 heterocycles. The monoisotopic (exact) mass is 411 g/mol. The maximum atomic E-state index is 12.6. The van der Waals surface area contributed by atoms with Gasteiger partial charge in [-0.3, -0.25) is 4.79 Å². The molecule has 1 amide bonds. The van der Waals surface area contributed by atoms with E-state index in [1.54, 1.807) is 4.90 Å². The van der Waals surface area contributed by atoms with E-state index in [2.05, 4.69) is 36.5 Å². The summed E-state index contributed by atoms with van der Waals surface area (Å²) in [5, 5.41) is 2.88. The molecule has 2 aromatic carbocycles. The standard InChI is InChI=1S/C24H31N3O3/c1-19-7-6-10-21(15-19)17-26-11-13-27(14-12-26)18-23(28)25-22(24(29)30-2)16-20-8-4-3-5-9-20/h3-10,15,22H,11-14,16-18H2,1-2H3,(H,25,28)/p+2/t22-/m1/s1. The van der Waals surface area contributed by atoms with Crippen LogP contribution < -0.4 is 15.1 Å². The number of quaternary nitrogens is 2. The number of hydrogen-bond acceptors (Lipinski definition) is 3. The van der Waals surface area contributed by atoms with Gasteiger partial charge in [-0.25, -0.2) is 4.79 Å². The van der Waals surface area contributed by atoms with Gasteiger partial charge in [0.15, 0.2) is 6.54 Å². The first-order valence-corrected chi connectivity index (χ1v) is 10.7. The van der Waals surface area contributed by atoms with Gasteiger partial charge in [-0.1, -0.05) is 60.2 Å². The number of carbonyl (C=O) groups excluding carboxylic acids is 2. The van der Waals surface area contributed by atoms with Gasteiger partial charge < -0.3 is 19.9 Å². The molecule has 6 nitrogen and oxygen atoms in total. The number of aryl methyl sites for hydroxylation is 1. The van der Waals surface area contributed by atoms with Gasteiger partial charge in [-0.15, -0.1) is 0 Å². The number of benzene rings is 2. The molecular formula is C24H33N3O3+2. The lowest BCUT2D eigenvalue weighted by Crippen LogP contribution is -3.28. The van der Waals surface area contributed by atoms with Crippen LogP contribution >= 0.6 is 0 Å². The molecule has 0 spiro atoms. The highest BCUT2D eigenvalue weighted by Crippen LogP contribution is 2.04. The van der Waals surface area contributed by atoms with Gasteiger partial charge in [0.25, 0.3) is 5.91 Å². The van der Waals surface area contributed by atoms with Gasteiger partial charge >= 0.3 is 5.97 Å². The van der Waals surface area contributed by atoms with Crippen molar-refractivity contribution < 1.29 is 24.1 Å². The summed E-state index contributed by atoms with van der Waals surface area (Å²) in [6.07, 6.45) is 0.434. The molecular weight excluding hydrogens is 378 g/mol. The number of rotatable bonds is 8. The average molecular weight is 412 g/mol. The number of carbonyl (C=O) groups is 2. The first-order valence-electron chi connectivity index (χ1n) is 10.7. The zero-order valence-corrected chi connectivity index (χ0v) is 17.9. The number of nitrogens with one attached hydrogen (secondary N) is 3. The lowest BCUT2D eigenvalue weighted by atomic mass is 10.1. The zero-order valence-electron chi connectivity index (χ0n) is 17.9. The Morgan fingerprint density at radius 1 is 0.967 bits per heavy atom. The topological polar surface area (TPSA) is 64.3 Å². The third-order valence-corrected chi connectivity index (χ3v) is 5.71. The molecule has 30 heavy (non-hydrogen) atoms. The SMILES string of the molecule is COC(=O)[C@@H](Cc1ccccc1)NC(=O)C[NH+]1CC[NH+](Cc2cccc(C)c2)CC1. The van der Waals surface area contributed by atoms with Crippen LogP contribution in [0.15, 0.2) is 54.6 Å². The van der Waals surface area contributed by atoms with Crippen molar-refractivity contribution in [1.82, 2.24) is 5.32 Å². The van der Waals surface area contributed by atoms with Crippen molar-refractivity contribution in [2.45, 2.75) is 25.9 Å². The predicted molar refractivity (Wildman–Crippen MR) is 115 cm³/mol. The lowest BCUT2D eigenvalue weighted by molar-refractivity contribution is -1.02. The van der Waals surface area contributed by atoms with Crippen molar-refractivity contribution in [1.29, 1.82) is 0 Å². The third kappa shape index (κ3) is 6.68. The summed E-state index contributed by atoms with van der Waals surface area (Å²) in [6.45, 7) is 7.54. The molecule has 0 aromatic heterocycles. The van der Waals surface area contributed by atoms with Crippen LogP contribution in [0.25, 0.3) is 0 Å². The van der Waals surface area contributed by atoms with Crippen LogP contribution in [0.1, 0.15) is 16.7 Å². The Morgan fingerprint density at radius 2 is 1.63 bits per heavy atom. The molecule has 0 aliphatic carbocycles. The van der Waals surface area contributed by atoms with E-state index < -0.39 is 12.0 Å². The fraction of sp³-hybridized carbons (Fsp3) is 0.417. The maximum absolute atomic E-state index is 12.6. The summed E-state index contributed by atoms with van der Waals surface area (Å²) in [4.78, 5) is 27.6. The molecule has 6 heteroatoms. The van der Waals surface area contributed by atoms with Gasteiger partial charge in [-0.2, -0.15) is 0 Å². The summed E-state index contributed by atoms with van der Waals surface area (Å²) in [5.41, 5.74) is 3.66. The first kappa shape index (κ1) is 22.0. The maximum Gasteiger partial charge on any atom is 0.328 e. The molecule has 3 N–H and O–H groups in total. The number of piperazine rings is 1. The smallest absolute Gasteiger partial charge is 0.328 e. The quantitative estimate of drug-likeness (QED) is 0.498. The van der Waals surface area contributed by atoms with Crippen molar-refractivity contribution >= 4 is 11.9 Å². The molecule has 0 unspecified atom stereocenters. The molecule has 0 radical (unpaired) electrons. The Hall–Kier alpha value is -2.70. The van der Waals surface area contributed by atoms with E-state index in [4.69, 9.17) is 4.74 Å². The Morgan fingerprint density at radius 3 is 2.30 bits per heavy atom. The minimum Gasteiger partial charge on any atom is -0.467 e. The second-order valence-corrected chi connectivity index (χ2v) is 8.18. The third-order valence-electron chi connectivity index (χ3n) is 5.71. The lowest BCUT2D eigenvalue weighted by Gasteiger charge is -2.29. The van der Waals surface area contributed by atoms with E-state index in [-0.39, 0.29) is 5.91 Å². The van der Waals surface area contributed by atoms with Crippen molar-refractivity contribution in [2.75, 3.05) is 39.8 Å². The van der Waals surface area contributed by atoms with Crippen molar-refractivity contribution in [3.05, 3.63) is 71.3 Å². The Labute approximate surface area is 178 Å². The summed E-state index contributed by atoms with van der Waals surface area (Å²) < 4.78 is 4.89. The second kappa shape index (κ2) is 10.9. The molecule has 1 saturated heterocycles. The van der Waals surface area contributed by atoms with Crippen LogP contribution in [-0.2, 0) is 27.3 Å². The van der Waals surface area contributed by atoms with Crippen molar-refractivity contribution in [3.63, 3.8) is 0 Å². The minimum absolute atomic E-state index is 0.0986. The van der Waals surface area contributed by atoms with Crippen LogP contribution in [-0.4, -0.2) is 57.8 Å². The molecule has 0 saturated carbocycles. The first-order chi connectivity index (χ1) is 14.5. The number of hydrogen-bond donors (Lipinski definition) is 3. The predicted octanol–water partition coefficient (Wildman–Crippen LogP) is -0.821. The van der Waals surface area contributed by atoms with Gasteiger partial charge in [0.2, 0.25) is 0 Å². The van der Waals surface area contributed by atoms with E-state index in [0.29, 0.717) is 13.0 Å². The van der Waals surface area contributed by atoms with E-state index in [0.717, 1.165) is 38.3 Å². The van der Waals surface area contributed by atoms with Gasteiger partial charge in [0, 0.05) is 12.0 Å². The summed E-state index contributed by atoms with van der Waals surface area (Å²) >= 11 is 0. The van der Waals surface area contributed by atoms with E-state index >= 15 is 0 Å². The minimum atomic E-state index is -0.655. The Kier molecular flexibility index (Phi) is 7.99. The number of amides is 1. The van der Waals surface area contributed by atoms with Crippen LogP contribution in [0.2, 0.25) is 0 Å². The van der Waals surface area contributed by atoms with Gasteiger partial charge in [-0.05, 0) is 12.5 Å². The van der Waals surface area contributed by atoms with E-state index in [1.165, 1.54) is 23.1 Å². The molecule has 3 rings (SSSR count). The normalized spacial score (nSPS) is 19.7. The molecule has 1 atom stereocenters. The van der Waals surface area contributed by atoms with Crippen molar-refractivity contribution in [2.24, 2.45) is 0 Å². The fourth-order valence-electron chi connectivity index (χ4n) is 4.08. The Balaban J connectivity index is 1.46. The number of methoxy groups -OCH3 is 1. The fourth-order valence-corrected chi connectivity index (χ4v) is 4.08. The van der Waals surface area contributed by atoms with Gasteiger partial charge in [0.1, 0.15) is 38.8 Å². The summed E-state index contributed by atoms with van der Waals surface area (Å²) in [7, 11) is 1.36. The molecule has 2 aromatic rings. The average Bonchev–Trinajstić information content (AvgIpc) is 2.75. The van der Waals surface area contributed by atoms with Crippen LogP contribution in [0, 0.1) is 6.92 Å². The van der Waals surface area contributed by atoms with E-state index in [9.17, 15) is 9.59 Å². The highest BCUT2D eigenvalue weighted by Gasteiger charge is 2.27. The molecule has 0 bridgehead atoms. The molecule has 1 aliphatic rings. The number of ether oxygens (including phenoxy) is 1. The highest BCUT2D eigenvalue weighted by atomic mass is 16.5. The van der Waals surface area contributed by atoms with Crippen molar-refractivity contribution in [3.8, 4) is 0 Å². The van der Waals surface area contributed by atoms with E-state index in [1.807, 2.05) is 30.3 Å². The zero-order chi connectivity index (χ0) is 21.3. The molecule has 160 valence electrons. The van der Waals surface area contributed by atoms with Gasteiger partial charge in [0.05, 0.1) is 7.11 Å². The van der Waals surface area contributed by atoms with Crippen LogP contribution in [0.4, 0.5) is 0 Å². The largest absolute Gasteiger partial charge is 0.467 e. The number of esters is 1. The summed E-state index contributed by atoms with van der Waals surface area (Å²) in [5.74, 6) is -0.506. The summed E-state index contributed by atoms with van der Waals surface area (Å²) in [6, 6.07) is 17.7. The second-order valence-electron chi connectivity index (χ2n) is 8.18.